The van der Waals surface area contributed by atoms with Gasteiger partial charge in [0.05, 0.1) is 7.11 Å². The first-order valence-electron chi connectivity index (χ1n) is 11.3. The molecule has 0 aliphatic heterocycles. The van der Waals surface area contributed by atoms with E-state index >= 15 is 0 Å². The van der Waals surface area contributed by atoms with Gasteiger partial charge in [-0.2, -0.15) is 0 Å². The third-order valence-electron chi connectivity index (χ3n) is 5.21. The second-order valence-electron chi connectivity index (χ2n) is 8.02. The van der Waals surface area contributed by atoms with Crippen molar-refractivity contribution in [2.45, 2.75) is 46.2 Å². The molecule has 0 aromatic heterocycles. The Morgan fingerprint density at radius 2 is 1.69 bits per heavy atom. The van der Waals surface area contributed by atoms with Crippen LogP contribution in [0.4, 0.5) is 0 Å². The standard InChI is InChI=1S/C26H36N2O4/c1-5-32-17-9-16-27-25(29)24(18-21-10-7-6-8-11-21)28(26(30)20(2)3)19-22-12-14-23(31-4)15-13-22/h6-8,10-15,20,24H,5,9,16-19H2,1-4H3,(H,27,29)/t24-/m0/s1. The largest absolute Gasteiger partial charge is 0.497 e. The summed E-state index contributed by atoms with van der Waals surface area (Å²) < 4.78 is 10.6. The molecule has 1 N–H and O–H groups in total. The van der Waals surface area contributed by atoms with Crippen LogP contribution in [0.3, 0.4) is 0 Å². The molecule has 0 heterocycles. The van der Waals surface area contributed by atoms with Gasteiger partial charge < -0.3 is 19.7 Å². The molecule has 0 aliphatic rings. The maximum absolute atomic E-state index is 13.3. The molecule has 0 spiro atoms. The minimum absolute atomic E-state index is 0.0498. The van der Waals surface area contributed by atoms with Crippen molar-refractivity contribution in [3.8, 4) is 5.75 Å². The summed E-state index contributed by atoms with van der Waals surface area (Å²) >= 11 is 0. The zero-order valence-electron chi connectivity index (χ0n) is 19.7. The lowest BCUT2D eigenvalue weighted by atomic mass is 10.0. The van der Waals surface area contributed by atoms with Crippen molar-refractivity contribution in [2.24, 2.45) is 5.92 Å². The molecule has 2 rings (SSSR count). The summed E-state index contributed by atoms with van der Waals surface area (Å²) in [6.07, 6.45) is 1.18. The van der Waals surface area contributed by atoms with E-state index in [9.17, 15) is 9.59 Å². The number of amides is 2. The number of carbonyl (C=O) groups is 2. The number of methoxy groups -OCH3 is 1. The van der Waals surface area contributed by atoms with Gasteiger partial charge in [0.1, 0.15) is 11.8 Å². The van der Waals surface area contributed by atoms with E-state index in [1.54, 1.807) is 12.0 Å². The molecule has 0 radical (unpaired) electrons. The van der Waals surface area contributed by atoms with Gasteiger partial charge in [0.25, 0.3) is 0 Å². The highest BCUT2D eigenvalue weighted by atomic mass is 16.5. The molecule has 6 nitrogen and oxygen atoms in total. The van der Waals surface area contributed by atoms with Crippen molar-refractivity contribution < 1.29 is 19.1 Å². The Morgan fingerprint density at radius 3 is 2.28 bits per heavy atom. The van der Waals surface area contributed by atoms with Crippen LogP contribution in [0.2, 0.25) is 0 Å². The lowest BCUT2D eigenvalue weighted by Gasteiger charge is -2.33. The summed E-state index contributed by atoms with van der Waals surface area (Å²) in [7, 11) is 1.62. The van der Waals surface area contributed by atoms with Crippen LogP contribution in [0.15, 0.2) is 54.6 Å². The Morgan fingerprint density at radius 1 is 1.00 bits per heavy atom. The third kappa shape index (κ3) is 8.00. The zero-order valence-corrected chi connectivity index (χ0v) is 19.7. The van der Waals surface area contributed by atoms with E-state index in [1.165, 1.54) is 0 Å². The zero-order chi connectivity index (χ0) is 23.3. The number of nitrogens with zero attached hydrogens (tertiary/aromatic N) is 1. The molecule has 0 fully saturated rings. The fourth-order valence-electron chi connectivity index (χ4n) is 3.43. The summed E-state index contributed by atoms with van der Waals surface area (Å²) in [5, 5.41) is 3.01. The van der Waals surface area contributed by atoms with Crippen LogP contribution < -0.4 is 10.1 Å². The molecule has 6 heteroatoms. The van der Waals surface area contributed by atoms with Gasteiger partial charge >= 0.3 is 0 Å². The molecule has 0 aliphatic carbocycles. The number of rotatable bonds is 13. The summed E-state index contributed by atoms with van der Waals surface area (Å²) in [5.41, 5.74) is 1.96. The lowest BCUT2D eigenvalue weighted by molar-refractivity contribution is -0.143. The molecule has 0 saturated carbocycles. The van der Waals surface area contributed by atoms with E-state index < -0.39 is 6.04 Å². The first-order chi connectivity index (χ1) is 15.5. The van der Waals surface area contributed by atoms with E-state index in [-0.39, 0.29) is 17.7 Å². The number of ether oxygens (including phenoxy) is 2. The fourth-order valence-corrected chi connectivity index (χ4v) is 3.43. The van der Waals surface area contributed by atoms with Gasteiger partial charge in [-0.3, -0.25) is 9.59 Å². The number of benzene rings is 2. The highest BCUT2D eigenvalue weighted by molar-refractivity contribution is 5.88. The molecule has 1 atom stereocenters. The summed E-state index contributed by atoms with van der Waals surface area (Å²) in [6, 6.07) is 16.8. The third-order valence-corrected chi connectivity index (χ3v) is 5.21. The smallest absolute Gasteiger partial charge is 0.243 e. The Kier molecular flexibility index (Phi) is 10.7. The Labute approximate surface area is 191 Å². The number of carbonyl (C=O) groups excluding carboxylic acids is 2. The summed E-state index contributed by atoms with van der Waals surface area (Å²) in [5.74, 6) is 0.333. The molecule has 0 saturated heterocycles. The summed E-state index contributed by atoms with van der Waals surface area (Å²) in [4.78, 5) is 28.2. The molecular formula is C26H36N2O4. The van der Waals surface area contributed by atoms with E-state index in [1.807, 2.05) is 75.4 Å². The normalized spacial score (nSPS) is 11.8. The van der Waals surface area contributed by atoms with E-state index in [0.29, 0.717) is 32.7 Å². The van der Waals surface area contributed by atoms with Gasteiger partial charge in [0.2, 0.25) is 11.8 Å². The second kappa shape index (κ2) is 13.5. The predicted octanol–water partition coefficient (Wildman–Crippen LogP) is 3.83. The first kappa shape index (κ1) is 25.4. The quantitative estimate of drug-likeness (QED) is 0.481. The van der Waals surface area contributed by atoms with Gasteiger partial charge in [-0.25, -0.2) is 0 Å². The molecule has 2 amide bonds. The maximum atomic E-state index is 13.3. The first-order valence-corrected chi connectivity index (χ1v) is 11.3. The van der Waals surface area contributed by atoms with Crippen molar-refractivity contribution >= 4 is 11.8 Å². The minimum atomic E-state index is -0.610. The Balaban J connectivity index is 2.26. The van der Waals surface area contributed by atoms with E-state index in [4.69, 9.17) is 9.47 Å². The van der Waals surface area contributed by atoms with Crippen molar-refractivity contribution in [3.05, 3.63) is 65.7 Å². The van der Waals surface area contributed by atoms with Gasteiger partial charge in [0, 0.05) is 38.6 Å². The monoisotopic (exact) mass is 440 g/mol. The second-order valence-corrected chi connectivity index (χ2v) is 8.02. The van der Waals surface area contributed by atoms with Crippen molar-refractivity contribution in [1.29, 1.82) is 0 Å². The molecule has 0 bridgehead atoms. The minimum Gasteiger partial charge on any atom is -0.497 e. The van der Waals surface area contributed by atoms with Gasteiger partial charge in [-0.05, 0) is 36.6 Å². The van der Waals surface area contributed by atoms with E-state index in [0.717, 1.165) is 23.3 Å². The molecule has 174 valence electrons. The Hall–Kier alpha value is -2.86. The van der Waals surface area contributed by atoms with Gasteiger partial charge in [0.15, 0.2) is 0 Å². The average molecular weight is 441 g/mol. The number of hydrogen-bond donors (Lipinski definition) is 1. The van der Waals surface area contributed by atoms with Crippen LogP contribution in [0.5, 0.6) is 5.75 Å². The lowest BCUT2D eigenvalue weighted by Crippen LogP contribution is -2.51. The highest BCUT2D eigenvalue weighted by Gasteiger charge is 2.31. The predicted molar refractivity (Wildman–Crippen MR) is 126 cm³/mol. The van der Waals surface area contributed by atoms with Gasteiger partial charge in [-0.15, -0.1) is 0 Å². The number of hydrogen-bond acceptors (Lipinski definition) is 4. The van der Waals surface area contributed by atoms with Crippen LogP contribution in [-0.4, -0.2) is 49.6 Å². The van der Waals surface area contributed by atoms with Crippen LogP contribution >= 0.6 is 0 Å². The maximum Gasteiger partial charge on any atom is 0.243 e. The molecule has 2 aromatic carbocycles. The average Bonchev–Trinajstić information content (AvgIpc) is 2.81. The van der Waals surface area contributed by atoms with Crippen molar-refractivity contribution in [1.82, 2.24) is 10.2 Å². The van der Waals surface area contributed by atoms with Crippen LogP contribution in [0, 0.1) is 5.92 Å². The Bertz CT molecular complexity index is 821. The number of nitrogens with one attached hydrogen (secondary N) is 1. The molecule has 2 aromatic rings. The van der Waals surface area contributed by atoms with E-state index in [2.05, 4.69) is 5.32 Å². The molecular weight excluding hydrogens is 404 g/mol. The van der Waals surface area contributed by atoms with Gasteiger partial charge in [-0.1, -0.05) is 56.3 Å². The molecule has 32 heavy (non-hydrogen) atoms. The van der Waals surface area contributed by atoms with Crippen LogP contribution in [-0.2, 0) is 27.3 Å². The van der Waals surface area contributed by atoms with Crippen molar-refractivity contribution in [3.63, 3.8) is 0 Å². The SMILES string of the molecule is CCOCCCNC(=O)[C@H](Cc1ccccc1)N(Cc1ccc(OC)cc1)C(=O)C(C)C. The fraction of sp³-hybridized carbons (Fsp3) is 0.462. The van der Waals surface area contributed by atoms with Crippen LogP contribution in [0.25, 0.3) is 0 Å². The topological polar surface area (TPSA) is 67.9 Å². The van der Waals surface area contributed by atoms with Crippen LogP contribution in [0.1, 0.15) is 38.3 Å². The van der Waals surface area contributed by atoms with Crippen molar-refractivity contribution in [2.75, 3.05) is 26.9 Å². The highest BCUT2D eigenvalue weighted by Crippen LogP contribution is 2.19. The molecule has 0 unspecified atom stereocenters. The summed E-state index contributed by atoms with van der Waals surface area (Å²) in [6.45, 7) is 7.79.